The molecule has 3 rings (SSSR count). The van der Waals surface area contributed by atoms with Crippen LogP contribution in [0.3, 0.4) is 0 Å². The second kappa shape index (κ2) is 8.30. The summed E-state index contributed by atoms with van der Waals surface area (Å²) in [7, 11) is 0. The molecule has 132 valence electrons. The van der Waals surface area contributed by atoms with E-state index >= 15 is 0 Å². The number of hydrazone groups is 1. The molecule has 0 aliphatic rings. The summed E-state index contributed by atoms with van der Waals surface area (Å²) < 4.78 is 5.64. The van der Waals surface area contributed by atoms with Gasteiger partial charge in [0.1, 0.15) is 5.75 Å². The monoisotopic (exact) mass is 346 g/mol. The van der Waals surface area contributed by atoms with E-state index in [4.69, 9.17) is 4.74 Å². The highest BCUT2D eigenvalue weighted by Gasteiger charge is 2.05. The third-order valence-corrected chi connectivity index (χ3v) is 4.11. The van der Waals surface area contributed by atoms with Crippen LogP contribution in [0, 0.1) is 0 Å². The van der Waals surface area contributed by atoms with E-state index < -0.39 is 0 Å². The van der Waals surface area contributed by atoms with Crippen LogP contribution in [0.25, 0.3) is 10.8 Å². The van der Waals surface area contributed by atoms with Gasteiger partial charge in [-0.3, -0.25) is 4.79 Å². The summed E-state index contributed by atoms with van der Waals surface area (Å²) >= 11 is 0. The Bertz CT molecular complexity index is 910. The maximum Gasteiger partial charge on any atom is 0.277 e. The predicted molar refractivity (Wildman–Crippen MR) is 106 cm³/mol. The minimum atomic E-state index is -0.298. The van der Waals surface area contributed by atoms with Crippen LogP contribution in [0.15, 0.2) is 71.8 Å². The smallest absolute Gasteiger partial charge is 0.277 e. The Hall–Kier alpha value is -3.14. The third-order valence-electron chi connectivity index (χ3n) is 4.11. The lowest BCUT2D eigenvalue weighted by molar-refractivity contribution is -0.123. The molecule has 26 heavy (non-hydrogen) atoms. The number of ether oxygens (including phenoxy) is 1. The Morgan fingerprint density at radius 3 is 2.54 bits per heavy atom. The molecular formula is C22H22N2O2. The molecule has 0 aliphatic heterocycles. The zero-order valence-electron chi connectivity index (χ0n) is 15.0. The molecule has 0 unspecified atom stereocenters. The Morgan fingerprint density at radius 1 is 1.04 bits per heavy atom. The van der Waals surface area contributed by atoms with Crippen molar-refractivity contribution in [2.45, 2.75) is 19.8 Å². The lowest BCUT2D eigenvalue weighted by atomic mass is 10.0. The van der Waals surface area contributed by atoms with E-state index in [2.05, 4.69) is 36.5 Å². The van der Waals surface area contributed by atoms with Gasteiger partial charge in [-0.25, -0.2) is 5.43 Å². The highest BCUT2D eigenvalue weighted by atomic mass is 16.5. The van der Waals surface area contributed by atoms with E-state index in [0.717, 1.165) is 16.3 Å². The molecule has 3 aromatic rings. The molecule has 0 bridgehead atoms. The van der Waals surface area contributed by atoms with Crippen LogP contribution in [0.5, 0.6) is 5.75 Å². The molecule has 0 saturated heterocycles. The first-order valence-corrected chi connectivity index (χ1v) is 8.66. The minimum Gasteiger partial charge on any atom is -0.483 e. The van der Waals surface area contributed by atoms with Crippen LogP contribution in [0.1, 0.15) is 30.9 Å². The number of carbonyl (C=O) groups is 1. The van der Waals surface area contributed by atoms with Crippen LogP contribution < -0.4 is 10.2 Å². The molecule has 0 fully saturated rings. The van der Waals surface area contributed by atoms with Crippen molar-refractivity contribution in [3.05, 3.63) is 77.9 Å². The lowest BCUT2D eigenvalue weighted by Gasteiger charge is -2.08. The summed E-state index contributed by atoms with van der Waals surface area (Å²) in [4.78, 5) is 11.9. The molecule has 4 nitrogen and oxygen atoms in total. The summed E-state index contributed by atoms with van der Waals surface area (Å²) in [5.74, 6) is 0.881. The van der Waals surface area contributed by atoms with Gasteiger partial charge in [-0.15, -0.1) is 0 Å². The van der Waals surface area contributed by atoms with Gasteiger partial charge in [0.25, 0.3) is 5.91 Å². The van der Waals surface area contributed by atoms with E-state index in [1.807, 2.05) is 54.6 Å². The second-order valence-electron chi connectivity index (χ2n) is 6.38. The fraction of sp³-hybridized carbons (Fsp3) is 0.182. The molecule has 3 aromatic carbocycles. The summed E-state index contributed by atoms with van der Waals surface area (Å²) in [6, 6.07) is 21.8. The van der Waals surface area contributed by atoms with Crippen LogP contribution >= 0.6 is 0 Å². The van der Waals surface area contributed by atoms with E-state index in [9.17, 15) is 4.79 Å². The SMILES string of the molecule is CC(C)c1ccc(/C=N/NC(=O)COc2cccc3ccccc23)cc1. The number of hydrogen-bond acceptors (Lipinski definition) is 3. The highest BCUT2D eigenvalue weighted by molar-refractivity contribution is 5.89. The van der Waals surface area contributed by atoms with Crippen molar-refractivity contribution >= 4 is 22.9 Å². The lowest BCUT2D eigenvalue weighted by Crippen LogP contribution is -2.24. The maximum absolute atomic E-state index is 11.9. The first-order chi connectivity index (χ1) is 12.6. The van der Waals surface area contributed by atoms with Crippen molar-refractivity contribution in [1.29, 1.82) is 0 Å². The molecule has 0 saturated carbocycles. The van der Waals surface area contributed by atoms with Crippen LogP contribution in [-0.4, -0.2) is 18.7 Å². The molecule has 4 heteroatoms. The second-order valence-corrected chi connectivity index (χ2v) is 6.38. The number of rotatable bonds is 6. The van der Waals surface area contributed by atoms with Gasteiger partial charge < -0.3 is 4.74 Å². The van der Waals surface area contributed by atoms with Crippen molar-refractivity contribution in [3.63, 3.8) is 0 Å². The average molecular weight is 346 g/mol. The average Bonchev–Trinajstić information content (AvgIpc) is 2.66. The zero-order valence-corrected chi connectivity index (χ0v) is 15.0. The number of carbonyl (C=O) groups excluding carboxylic acids is 1. The Balaban J connectivity index is 1.54. The van der Waals surface area contributed by atoms with E-state index in [1.54, 1.807) is 6.21 Å². The van der Waals surface area contributed by atoms with Crippen molar-refractivity contribution < 1.29 is 9.53 Å². The molecule has 0 atom stereocenters. The largest absolute Gasteiger partial charge is 0.483 e. The van der Waals surface area contributed by atoms with Gasteiger partial charge in [-0.1, -0.05) is 74.5 Å². The van der Waals surface area contributed by atoms with Crippen molar-refractivity contribution in [1.82, 2.24) is 5.43 Å². The summed E-state index contributed by atoms with van der Waals surface area (Å²) in [5, 5.41) is 6.05. The van der Waals surface area contributed by atoms with Gasteiger partial charge in [-0.05, 0) is 28.5 Å². The summed E-state index contributed by atoms with van der Waals surface area (Å²) in [5.41, 5.74) is 4.70. The van der Waals surface area contributed by atoms with Crippen molar-refractivity contribution in [2.24, 2.45) is 5.10 Å². The first kappa shape index (κ1) is 17.7. The fourth-order valence-electron chi connectivity index (χ4n) is 2.64. The fourth-order valence-corrected chi connectivity index (χ4v) is 2.64. The first-order valence-electron chi connectivity index (χ1n) is 8.66. The van der Waals surface area contributed by atoms with Crippen LogP contribution in [0.4, 0.5) is 0 Å². The van der Waals surface area contributed by atoms with E-state index in [0.29, 0.717) is 11.7 Å². The number of nitrogens with zero attached hydrogens (tertiary/aromatic N) is 1. The molecular weight excluding hydrogens is 324 g/mol. The molecule has 0 aliphatic carbocycles. The quantitative estimate of drug-likeness (QED) is 0.528. The Labute approximate surface area is 153 Å². The number of nitrogens with one attached hydrogen (secondary N) is 1. The van der Waals surface area contributed by atoms with Crippen LogP contribution in [0.2, 0.25) is 0 Å². The normalized spacial score (nSPS) is 11.2. The van der Waals surface area contributed by atoms with E-state index in [-0.39, 0.29) is 12.5 Å². The maximum atomic E-state index is 11.9. The van der Waals surface area contributed by atoms with Gasteiger partial charge in [0.15, 0.2) is 6.61 Å². The predicted octanol–water partition coefficient (Wildman–Crippen LogP) is 4.49. The highest BCUT2D eigenvalue weighted by Crippen LogP contribution is 2.24. The molecule has 1 amide bonds. The van der Waals surface area contributed by atoms with Gasteiger partial charge in [0.05, 0.1) is 6.21 Å². The number of hydrogen-bond donors (Lipinski definition) is 1. The molecule has 0 heterocycles. The minimum absolute atomic E-state index is 0.0857. The molecule has 0 aromatic heterocycles. The van der Waals surface area contributed by atoms with Gasteiger partial charge in [0, 0.05) is 5.39 Å². The summed E-state index contributed by atoms with van der Waals surface area (Å²) in [6.45, 7) is 4.22. The number of fused-ring (bicyclic) bond motifs is 1. The Morgan fingerprint density at radius 2 is 1.77 bits per heavy atom. The van der Waals surface area contributed by atoms with Crippen molar-refractivity contribution in [3.8, 4) is 5.75 Å². The number of amides is 1. The topological polar surface area (TPSA) is 50.7 Å². The molecule has 0 spiro atoms. The Kier molecular flexibility index (Phi) is 5.64. The third kappa shape index (κ3) is 4.48. The standard InChI is InChI=1S/C22H22N2O2/c1-16(2)18-12-10-17(11-13-18)14-23-24-22(25)15-26-21-9-5-7-19-6-3-4-8-20(19)21/h3-14,16H,15H2,1-2H3,(H,24,25)/b23-14+. The van der Waals surface area contributed by atoms with E-state index in [1.165, 1.54) is 5.56 Å². The van der Waals surface area contributed by atoms with Gasteiger partial charge >= 0.3 is 0 Å². The van der Waals surface area contributed by atoms with Crippen LogP contribution in [-0.2, 0) is 4.79 Å². The zero-order chi connectivity index (χ0) is 18.4. The van der Waals surface area contributed by atoms with Gasteiger partial charge in [0.2, 0.25) is 0 Å². The molecule has 1 N–H and O–H groups in total. The molecule has 0 radical (unpaired) electrons. The van der Waals surface area contributed by atoms with Crippen molar-refractivity contribution in [2.75, 3.05) is 6.61 Å². The van der Waals surface area contributed by atoms with Gasteiger partial charge in [-0.2, -0.15) is 5.10 Å². The number of benzene rings is 3. The summed E-state index contributed by atoms with van der Waals surface area (Å²) in [6.07, 6.45) is 1.62.